The molecular formula is C26H23NO2. The third-order valence-electron chi connectivity index (χ3n) is 5.90. The maximum Gasteiger partial charge on any atom is 0.165 e. The van der Waals surface area contributed by atoms with Gasteiger partial charge in [-0.15, -0.1) is 0 Å². The maximum absolute atomic E-state index is 13.3. The summed E-state index contributed by atoms with van der Waals surface area (Å²) in [7, 11) is 1.68. The van der Waals surface area contributed by atoms with Gasteiger partial charge in [0.25, 0.3) is 0 Å². The number of benzene rings is 3. The Morgan fingerprint density at radius 2 is 1.62 bits per heavy atom. The molecule has 1 aromatic heterocycles. The fourth-order valence-corrected chi connectivity index (χ4v) is 4.65. The van der Waals surface area contributed by atoms with Crippen LogP contribution in [-0.2, 0) is 6.42 Å². The summed E-state index contributed by atoms with van der Waals surface area (Å²) >= 11 is 0. The first-order valence-electron chi connectivity index (χ1n) is 9.99. The van der Waals surface area contributed by atoms with Crippen LogP contribution >= 0.6 is 0 Å². The van der Waals surface area contributed by atoms with E-state index in [0.717, 1.165) is 56.2 Å². The van der Waals surface area contributed by atoms with Gasteiger partial charge in [0.05, 0.1) is 18.3 Å². The summed E-state index contributed by atoms with van der Waals surface area (Å²) in [5, 5.41) is 3.26. The van der Waals surface area contributed by atoms with E-state index in [4.69, 9.17) is 9.72 Å². The molecule has 0 amide bonds. The van der Waals surface area contributed by atoms with E-state index in [-0.39, 0.29) is 11.2 Å². The quantitative estimate of drug-likeness (QED) is 0.387. The topological polar surface area (TPSA) is 39.2 Å². The Morgan fingerprint density at radius 1 is 0.862 bits per heavy atom. The van der Waals surface area contributed by atoms with E-state index in [1.807, 2.05) is 36.4 Å². The van der Waals surface area contributed by atoms with E-state index in [0.29, 0.717) is 6.42 Å². The minimum atomic E-state index is -0.0899. The maximum atomic E-state index is 13.3. The van der Waals surface area contributed by atoms with Gasteiger partial charge in [0.2, 0.25) is 0 Å². The van der Waals surface area contributed by atoms with Gasteiger partial charge in [-0.25, -0.2) is 0 Å². The van der Waals surface area contributed by atoms with Crippen molar-refractivity contribution in [2.24, 2.45) is 5.41 Å². The van der Waals surface area contributed by atoms with E-state index < -0.39 is 0 Å². The second kappa shape index (κ2) is 6.41. The standard InChI is InChI=1S/C26H23NO2/c1-26(2)14-20-24(21(28)15-26)23(18-10-6-7-11-22(18)29-3)19-13-12-16-8-4-5-9-17(16)25(19)27-20/h4-13H,14-15H2,1-3H3. The number of aromatic nitrogens is 1. The summed E-state index contributed by atoms with van der Waals surface area (Å²) < 4.78 is 5.67. The Labute approximate surface area is 170 Å². The molecule has 3 nitrogen and oxygen atoms in total. The highest BCUT2D eigenvalue weighted by atomic mass is 16.5. The molecule has 144 valence electrons. The molecular weight excluding hydrogens is 358 g/mol. The molecule has 0 aliphatic heterocycles. The summed E-state index contributed by atoms with van der Waals surface area (Å²) in [6.07, 6.45) is 1.32. The number of nitrogens with zero attached hydrogens (tertiary/aromatic N) is 1. The molecule has 1 aliphatic carbocycles. The summed E-state index contributed by atoms with van der Waals surface area (Å²) in [4.78, 5) is 18.4. The monoisotopic (exact) mass is 381 g/mol. The number of fused-ring (bicyclic) bond motifs is 4. The third-order valence-corrected chi connectivity index (χ3v) is 5.90. The summed E-state index contributed by atoms with van der Waals surface area (Å²) in [5.41, 5.74) is 4.42. The Hall–Kier alpha value is -3.20. The van der Waals surface area contributed by atoms with Crippen molar-refractivity contribution >= 4 is 27.5 Å². The molecule has 3 heteroatoms. The lowest BCUT2D eigenvalue weighted by Gasteiger charge is -2.31. The molecule has 0 spiro atoms. The van der Waals surface area contributed by atoms with Crippen LogP contribution in [0.4, 0.5) is 0 Å². The van der Waals surface area contributed by atoms with Gasteiger partial charge in [-0.1, -0.05) is 68.4 Å². The zero-order valence-corrected chi connectivity index (χ0v) is 17.0. The molecule has 0 N–H and O–H groups in total. The average molecular weight is 381 g/mol. The molecule has 0 atom stereocenters. The Kier molecular flexibility index (Phi) is 3.95. The van der Waals surface area contributed by atoms with E-state index in [2.05, 4.69) is 38.1 Å². The molecule has 0 saturated heterocycles. The molecule has 1 heterocycles. The molecule has 29 heavy (non-hydrogen) atoms. The van der Waals surface area contributed by atoms with Gasteiger partial charge >= 0.3 is 0 Å². The minimum Gasteiger partial charge on any atom is -0.496 e. The van der Waals surface area contributed by atoms with Gasteiger partial charge in [0.1, 0.15) is 5.75 Å². The van der Waals surface area contributed by atoms with E-state index in [1.165, 1.54) is 0 Å². The van der Waals surface area contributed by atoms with Crippen LogP contribution in [0, 0.1) is 5.41 Å². The highest BCUT2D eigenvalue weighted by Gasteiger charge is 2.35. The number of pyridine rings is 1. The van der Waals surface area contributed by atoms with Crippen molar-refractivity contribution < 1.29 is 9.53 Å². The van der Waals surface area contributed by atoms with Crippen molar-refractivity contribution in [1.82, 2.24) is 4.98 Å². The highest BCUT2D eigenvalue weighted by molar-refractivity contribution is 6.17. The van der Waals surface area contributed by atoms with Gasteiger partial charge in [0, 0.05) is 33.9 Å². The van der Waals surface area contributed by atoms with Gasteiger partial charge in [-0.05, 0) is 23.3 Å². The van der Waals surface area contributed by atoms with E-state index in [9.17, 15) is 4.79 Å². The Balaban J connectivity index is 1.98. The molecule has 0 bridgehead atoms. The number of carbonyl (C=O) groups is 1. The molecule has 1 aliphatic rings. The molecule has 0 radical (unpaired) electrons. The number of hydrogen-bond donors (Lipinski definition) is 0. The highest BCUT2D eigenvalue weighted by Crippen LogP contribution is 2.44. The Morgan fingerprint density at radius 3 is 2.45 bits per heavy atom. The predicted molar refractivity (Wildman–Crippen MR) is 118 cm³/mol. The van der Waals surface area contributed by atoms with Crippen LogP contribution in [-0.4, -0.2) is 17.9 Å². The van der Waals surface area contributed by atoms with Crippen LogP contribution in [0.15, 0.2) is 60.7 Å². The number of rotatable bonds is 2. The van der Waals surface area contributed by atoms with Gasteiger partial charge < -0.3 is 4.74 Å². The minimum absolute atomic E-state index is 0.0899. The van der Waals surface area contributed by atoms with Crippen LogP contribution in [0.25, 0.3) is 32.8 Å². The first-order valence-corrected chi connectivity index (χ1v) is 9.99. The Bertz CT molecular complexity index is 1290. The number of hydrogen-bond acceptors (Lipinski definition) is 3. The van der Waals surface area contributed by atoms with Crippen molar-refractivity contribution in [3.05, 3.63) is 71.9 Å². The second-order valence-electron chi connectivity index (χ2n) is 8.63. The van der Waals surface area contributed by atoms with Gasteiger partial charge in [0.15, 0.2) is 5.78 Å². The number of methoxy groups -OCH3 is 1. The summed E-state index contributed by atoms with van der Waals surface area (Å²) in [6.45, 7) is 4.29. The lowest BCUT2D eigenvalue weighted by atomic mass is 9.73. The smallest absolute Gasteiger partial charge is 0.165 e. The van der Waals surface area contributed by atoms with Crippen LogP contribution in [0.5, 0.6) is 5.75 Å². The molecule has 0 saturated carbocycles. The second-order valence-corrected chi connectivity index (χ2v) is 8.63. The van der Waals surface area contributed by atoms with Crippen LogP contribution in [0.3, 0.4) is 0 Å². The number of ether oxygens (including phenoxy) is 1. The number of para-hydroxylation sites is 1. The summed E-state index contributed by atoms with van der Waals surface area (Å²) in [6, 6.07) is 20.4. The first-order chi connectivity index (χ1) is 14.0. The number of ketones is 1. The number of carbonyl (C=O) groups excluding carboxylic acids is 1. The molecule has 5 rings (SSSR count). The third kappa shape index (κ3) is 2.80. The molecule has 3 aromatic carbocycles. The van der Waals surface area contributed by atoms with E-state index in [1.54, 1.807) is 7.11 Å². The van der Waals surface area contributed by atoms with Gasteiger partial charge in [-0.2, -0.15) is 0 Å². The molecule has 0 unspecified atom stereocenters. The normalized spacial score (nSPS) is 15.5. The van der Waals surface area contributed by atoms with Crippen molar-refractivity contribution in [2.45, 2.75) is 26.7 Å². The van der Waals surface area contributed by atoms with Gasteiger partial charge in [-0.3, -0.25) is 9.78 Å². The van der Waals surface area contributed by atoms with Crippen LogP contribution < -0.4 is 4.74 Å². The van der Waals surface area contributed by atoms with E-state index >= 15 is 0 Å². The van der Waals surface area contributed by atoms with Crippen molar-refractivity contribution in [3.63, 3.8) is 0 Å². The lowest BCUT2D eigenvalue weighted by molar-refractivity contribution is 0.0911. The molecule has 0 fully saturated rings. The van der Waals surface area contributed by atoms with Crippen LogP contribution in [0.1, 0.15) is 36.3 Å². The SMILES string of the molecule is COc1ccccc1-c1c2c(nc3c1ccc1ccccc13)CC(C)(C)CC2=O. The van der Waals surface area contributed by atoms with Crippen LogP contribution in [0.2, 0.25) is 0 Å². The van der Waals surface area contributed by atoms with Crippen molar-refractivity contribution in [2.75, 3.05) is 7.11 Å². The first kappa shape index (κ1) is 17.9. The van der Waals surface area contributed by atoms with Crippen molar-refractivity contribution in [1.29, 1.82) is 0 Å². The molecule has 4 aromatic rings. The largest absolute Gasteiger partial charge is 0.496 e. The fourth-order valence-electron chi connectivity index (χ4n) is 4.65. The zero-order chi connectivity index (χ0) is 20.2. The van der Waals surface area contributed by atoms with Crippen molar-refractivity contribution in [3.8, 4) is 16.9 Å². The number of Topliss-reactive ketones (excluding diaryl/α,β-unsaturated/α-hetero) is 1. The predicted octanol–water partition coefficient (Wildman–Crippen LogP) is 6.22. The summed E-state index contributed by atoms with van der Waals surface area (Å²) in [5.74, 6) is 0.938. The average Bonchev–Trinajstić information content (AvgIpc) is 2.71. The lowest BCUT2D eigenvalue weighted by Crippen LogP contribution is -2.28. The zero-order valence-electron chi connectivity index (χ0n) is 17.0. The fraction of sp³-hybridized carbons (Fsp3) is 0.231.